The van der Waals surface area contributed by atoms with Crippen molar-refractivity contribution in [3.63, 3.8) is 0 Å². The predicted octanol–water partition coefficient (Wildman–Crippen LogP) is 4.33. The van der Waals surface area contributed by atoms with Gasteiger partial charge in [0.2, 0.25) is 5.91 Å². The SMILES string of the molecule is O=C(Cn1nnc2ccccc21)N(Cc1c(F)cccc1F)c1ccc(-c2cnc[nH]2)cc1. The van der Waals surface area contributed by atoms with Crippen molar-refractivity contribution < 1.29 is 13.6 Å². The monoisotopic (exact) mass is 444 g/mol. The fraction of sp³-hybridized carbons (Fsp3) is 0.0833. The number of rotatable bonds is 6. The predicted molar refractivity (Wildman–Crippen MR) is 119 cm³/mol. The summed E-state index contributed by atoms with van der Waals surface area (Å²) in [6.07, 6.45) is 3.25. The van der Waals surface area contributed by atoms with Crippen molar-refractivity contribution in [3.05, 3.63) is 96.5 Å². The zero-order valence-corrected chi connectivity index (χ0v) is 17.3. The molecule has 2 aromatic heterocycles. The van der Waals surface area contributed by atoms with Crippen LogP contribution in [0.25, 0.3) is 22.3 Å². The molecule has 7 nitrogen and oxygen atoms in total. The van der Waals surface area contributed by atoms with Gasteiger partial charge in [-0.25, -0.2) is 18.4 Å². The van der Waals surface area contributed by atoms with Gasteiger partial charge in [-0.05, 0) is 42.0 Å². The highest BCUT2D eigenvalue weighted by molar-refractivity contribution is 5.94. The highest BCUT2D eigenvalue weighted by Gasteiger charge is 2.22. The summed E-state index contributed by atoms with van der Waals surface area (Å²) in [4.78, 5) is 21.7. The first-order chi connectivity index (χ1) is 16.1. The Morgan fingerprint density at radius 2 is 1.73 bits per heavy atom. The van der Waals surface area contributed by atoms with Gasteiger partial charge in [-0.15, -0.1) is 5.10 Å². The van der Waals surface area contributed by atoms with Gasteiger partial charge >= 0.3 is 0 Å². The van der Waals surface area contributed by atoms with Crippen molar-refractivity contribution in [3.8, 4) is 11.3 Å². The number of anilines is 1. The van der Waals surface area contributed by atoms with Crippen molar-refractivity contribution in [2.45, 2.75) is 13.1 Å². The number of para-hydroxylation sites is 1. The Labute approximate surface area is 187 Å². The molecule has 0 unspecified atom stereocenters. The van der Waals surface area contributed by atoms with Crippen molar-refractivity contribution in [2.75, 3.05) is 4.90 Å². The molecule has 1 N–H and O–H groups in total. The van der Waals surface area contributed by atoms with E-state index in [1.807, 2.05) is 30.3 Å². The van der Waals surface area contributed by atoms with Crippen LogP contribution in [0.5, 0.6) is 0 Å². The molecule has 0 aliphatic carbocycles. The standard InChI is InChI=1S/C24H18F2N6O/c25-19-4-3-5-20(26)18(19)13-31(17-10-8-16(9-11-17)22-12-27-15-28-22)24(33)14-32-23-7-2-1-6-21(23)29-30-32/h1-12,15H,13-14H2,(H,27,28). The molecule has 164 valence electrons. The number of benzene rings is 3. The van der Waals surface area contributed by atoms with Crippen LogP contribution < -0.4 is 4.90 Å². The van der Waals surface area contributed by atoms with Crippen LogP contribution in [0, 0.1) is 11.6 Å². The first-order valence-corrected chi connectivity index (χ1v) is 10.2. The number of amides is 1. The summed E-state index contributed by atoms with van der Waals surface area (Å²) >= 11 is 0. The van der Waals surface area contributed by atoms with Gasteiger partial charge in [0.05, 0.1) is 30.3 Å². The Kier molecular flexibility index (Phi) is 5.35. The lowest BCUT2D eigenvalue weighted by Gasteiger charge is -2.24. The average molecular weight is 444 g/mol. The van der Waals surface area contributed by atoms with Gasteiger partial charge in [0, 0.05) is 11.3 Å². The largest absolute Gasteiger partial charge is 0.345 e. The first kappa shape index (κ1) is 20.5. The third-order valence-corrected chi connectivity index (χ3v) is 5.37. The van der Waals surface area contributed by atoms with E-state index < -0.39 is 11.6 Å². The molecule has 0 fully saturated rings. The highest BCUT2D eigenvalue weighted by atomic mass is 19.1. The number of carbonyl (C=O) groups excluding carboxylic acids is 1. The van der Waals surface area contributed by atoms with Crippen molar-refractivity contribution in [1.82, 2.24) is 25.0 Å². The van der Waals surface area contributed by atoms with Crippen LogP contribution in [0.3, 0.4) is 0 Å². The molecule has 9 heteroatoms. The molecule has 3 aromatic carbocycles. The molecule has 5 rings (SSSR count). The number of fused-ring (bicyclic) bond motifs is 1. The van der Waals surface area contributed by atoms with E-state index in [0.29, 0.717) is 16.7 Å². The summed E-state index contributed by atoms with van der Waals surface area (Å²) < 4.78 is 30.3. The van der Waals surface area contributed by atoms with Gasteiger partial charge in [0.1, 0.15) is 23.7 Å². The molecule has 0 atom stereocenters. The summed E-state index contributed by atoms with van der Waals surface area (Å²) in [5, 5.41) is 8.13. The van der Waals surface area contributed by atoms with Crippen LogP contribution in [0.15, 0.2) is 79.3 Å². The molecule has 0 aliphatic rings. The van der Waals surface area contributed by atoms with E-state index in [2.05, 4.69) is 20.3 Å². The Balaban J connectivity index is 1.49. The summed E-state index contributed by atoms with van der Waals surface area (Å²) in [5.74, 6) is -1.82. The third kappa shape index (κ3) is 4.08. The number of hydrogen-bond acceptors (Lipinski definition) is 4. The molecular formula is C24H18F2N6O. The number of imidazole rings is 1. The number of H-pyrrole nitrogens is 1. The Morgan fingerprint density at radius 1 is 0.970 bits per heavy atom. The maximum Gasteiger partial charge on any atom is 0.249 e. The average Bonchev–Trinajstić information content (AvgIpc) is 3.50. The van der Waals surface area contributed by atoms with Gasteiger partial charge in [-0.3, -0.25) is 4.79 Å². The van der Waals surface area contributed by atoms with Crippen LogP contribution in [0.2, 0.25) is 0 Å². The Bertz CT molecular complexity index is 1390. The van der Waals surface area contributed by atoms with E-state index in [0.717, 1.165) is 11.3 Å². The number of nitrogens with one attached hydrogen (secondary N) is 1. The van der Waals surface area contributed by atoms with E-state index in [4.69, 9.17) is 0 Å². The molecule has 2 heterocycles. The number of aromatic nitrogens is 5. The normalized spacial score (nSPS) is 11.1. The molecule has 0 bridgehead atoms. The summed E-state index contributed by atoms with van der Waals surface area (Å²) in [6.45, 7) is -0.410. The number of carbonyl (C=O) groups is 1. The van der Waals surface area contributed by atoms with Gasteiger partial charge in [-0.2, -0.15) is 0 Å². The Morgan fingerprint density at radius 3 is 2.45 bits per heavy atom. The third-order valence-electron chi connectivity index (χ3n) is 5.37. The molecule has 0 aliphatic heterocycles. The van der Waals surface area contributed by atoms with Crippen LogP contribution in [-0.4, -0.2) is 30.9 Å². The zero-order chi connectivity index (χ0) is 22.8. The maximum atomic E-state index is 14.4. The van der Waals surface area contributed by atoms with Crippen LogP contribution in [0.4, 0.5) is 14.5 Å². The minimum absolute atomic E-state index is 0.140. The first-order valence-electron chi connectivity index (χ1n) is 10.2. The highest BCUT2D eigenvalue weighted by Crippen LogP contribution is 2.25. The lowest BCUT2D eigenvalue weighted by molar-refractivity contribution is -0.119. The lowest BCUT2D eigenvalue weighted by Crippen LogP contribution is -2.34. The second-order valence-electron chi connectivity index (χ2n) is 7.43. The molecule has 0 spiro atoms. The second kappa shape index (κ2) is 8.62. The van der Waals surface area contributed by atoms with Gasteiger partial charge in [-0.1, -0.05) is 35.5 Å². The molecule has 0 radical (unpaired) electrons. The van der Waals surface area contributed by atoms with E-state index in [1.54, 1.807) is 30.7 Å². The van der Waals surface area contributed by atoms with Crippen LogP contribution >= 0.6 is 0 Å². The lowest BCUT2D eigenvalue weighted by atomic mass is 10.1. The van der Waals surface area contributed by atoms with Crippen molar-refractivity contribution >= 4 is 22.6 Å². The van der Waals surface area contributed by atoms with Crippen LogP contribution in [-0.2, 0) is 17.9 Å². The molecule has 0 saturated carbocycles. The van der Waals surface area contributed by atoms with Crippen LogP contribution in [0.1, 0.15) is 5.56 Å². The molecular weight excluding hydrogens is 426 g/mol. The molecule has 0 saturated heterocycles. The number of nitrogens with zero attached hydrogens (tertiary/aromatic N) is 5. The smallest absolute Gasteiger partial charge is 0.249 e. The topological polar surface area (TPSA) is 79.7 Å². The second-order valence-corrected chi connectivity index (χ2v) is 7.43. The molecule has 1 amide bonds. The minimum Gasteiger partial charge on any atom is -0.345 e. The van der Waals surface area contributed by atoms with E-state index in [-0.39, 0.29) is 24.6 Å². The van der Waals surface area contributed by atoms with Crippen molar-refractivity contribution in [2.24, 2.45) is 0 Å². The summed E-state index contributed by atoms with van der Waals surface area (Å²) in [6, 6.07) is 18.0. The summed E-state index contributed by atoms with van der Waals surface area (Å²) in [5.41, 5.74) is 3.33. The van der Waals surface area contributed by atoms with Gasteiger partial charge < -0.3 is 9.88 Å². The number of aromatic amines is 1. The summed E-state index contributed by atoms with van der Waals surface area (Å²) in [7, 11) is 0. The van der Waals surface area contributed by atoms with Gasteiger partial charge in [0.15, 0.2) is 0 Å². The quantitative estimate of drug-likeness (QED) is 0.423. The molecule has 33 heavy (non-hydrogen) atoms. The maximum absolute atomic E-state index is 14.4. The number of hydrogen-bond donors (Lipinski definition) is 1. The van der Waals surface area contributed by atoms with E-state index >= 15 is 0 Å². The Hall–Kier alpha value is -4.40. The fourth-order valence-corrected chi connectivity index (χ4v) is 3.65. The molecule has 5 aromatic rings. The van der Waals surface area contributed by atoms with Gasteiger partial charge in [0.25, 0.3) is 0 Å². The fourth-order valence-electron chi connectivity index (χ4n) is 3.65. The van der Waals surface area contributed by atoms with E-state index in [9.17, 15) is 13.6 Å². The van der Waals surface area contributed by atoms with E-state index in [1.165, 1.54) is 27.8 Å². The minimum atomic E-state index is -0.715. The zero-order valence-electron chi connectivity index (χ0n) is 17.3. The number of halogens is 2. The van der Waals surface area contributed by atoms with Crippen molar-refractivity contribution in [1.29, 1.82) is 0 Å².